The number of methoxy groups -OCH3 is 1. The summed E-state index contributed by atoms with van der Waals surface area (Å²) in [6, 6.07) is 0. The summed E-state index contributed by atoms with van der Waals surface area (Å²) < 4.78 is 7.03. The minimum atomic E-state index is 0.00430. The van der Waals surface area contributed by atoms with Gasteiger partial charge in [0.25, 0.3) is 0 Å². The van der Waals surface area contributed by atoms with Crippen molar-refractivity contribution in [1.82, 2.24) is 15.1 Å². The molecule has 0 aromatic carbocycles. The minimum absolute atomic E-state index is 0.00430. The molecule has 1 aromatic rings. The molecule has 0 aliphatic heterocycles. The summed E-state index contributed by atoms with van der Waals surface area (Å²) in [6.45, 7) is 6.72. The van der Waals surface area contributed by atoms with Crippen molar-refractivity contribution in [3.05, 3.63) is 16.9 Å². The Bertz CT molecular complexity index is 350. The van der Waals surface area contributed by atoms with E-state index in [-0.39, 0.29) is 5.41 Å². The molecular weight excluding hydrogens is 238 g/mol. The van der Waals surface area contributed by atoms with Gasteiger partial charge in [-0.25, -0.2) is 0 Å². The van der Waals surface area contributed by atoms with Crippen molar-refractivity contribution >= 4 is 11.6 Å². The molecule has 0 bridgehead atoms. The van der Waals surface area contributed by atoms with Crippen LogP contribution < -0.4 is 5.32 Å². The second-order valence-electron chi connectivity index (χ2n) is 4.79. The van der Waals surface area contributed by atoms with E-state index in [1.807, 2.05) is 11.7 Å². The van der Waals surface area contributed by atoms with E-state index in [0.29, 0.717) is 6.61 Å². The molecule has 0 atom stereocenters. The number of halogens is 1. The Morgan fingerprint density at radius 3 is 2.82 bits per heavy atom. The number of aromatic nitrogens is 2. The lowest BCUT2D eigenvalue weighted by molar-refractivity contribution is 0.180. The molecule has 0 unspecified atom stereocenters. The summed E-state index contributed by atoms with van der Waals surface area (Å²) in [4.78, 5) is 0. The number of nitrogens with zero attached hydrogens (tertiary/aromatic N) is 2. The lowest BCUT2D eigenvalue weighted by atomic mass is 9.85. The van der Waals surface area contributed by atoms with Crippen molar-refractivity contribution in [1.29, 1.82) is 0 Å². The second kappa shape index (κ2) is 6.38. The van der Waals surface area contributed by atoms with Crippen LogP contribution in [0.15, 0.2) is 6.20 Å². The molecule has 1 aromatic heterocycles. The second-order valence-corrected chi connectivity index (χ2v) is 5.20. The van der Waals surface area contributed by atoms with Gasteiger partial charge in [0.15, 0.2) is 0 Å². The summed E-state index contributed by atoms with van der Waals surface area (Å²) in [7, 11) is 3.65. The monoisotopic (exact) mass is 259 g/mol. The Kier molecular flexibility index (Phi) is 5.43. The molecule has 0 saturated heterocycles. The van der Waals surface area contributed by atoms with Crippen LogP contribution in [0.4, 0.5) is 0 Å². The van der Waals surface area contributed by atoms with E-state index in [0.717, 1.165) is 30.2 Å². The van der Waals surface area contributed by atoms with E-state index in [2.05, 4.69) is 24.3 Å². The van der Waals surface area contributed by atoms with Gasteiger partial charge >= 0.3 is 0 Å². The molecule has 0 aliphatic rings. The van der Waals surface area contributed by atoms with E-state index in [4.69, 9.17) is 16.3 Å². The smallest absolute Gasteiger partial charge is 0.0823 e. The van der Waals surface area contributed by atoms with E-state index in [1.54, 1.807) is 13.3 Å². The van der Waals surface area contributed by atoms with Gasteiger partial charge in [-0.15, -0.1) is 0 Å². The summed E-state index contributed by atoms with van der Waals surface area (Å²) in [6.07, 6.45) is 2.73. The molecule has 1 rings (SSSR count). The topological polar surface area (TPSA) is 39.1 Å². The first-order valence-corrected chi connectivity index (χ1v) is 6.26. The van der Waals surface area contributed by atoms with Crippen LogP contribution in [0.5, 0.6) is 0 Å². The Labute approximate surface area is 108 Å². The van der Waals surface area contributed by atoms with Crippen molar-refractivity contribution in [2.75, 3.05) is 27.3 Å². The lowest BCUT2D eigenvalue weighted by Crippen LogP contribution is -2.27. The fourth-order valence-corrected chi connectivity index (χ4v) is 2.34. The maximum Gasteiger partial charge on any atom is 0.0823 e. The largest absolute Gasteiger partial charge is 0.383 e. The van der Waals surface area contributed by atoms with Gasteiger partial charge < -0.3 is 10.1 Å². The molecule has 0 amide bonds. The van der Waals surface area contributed by atoms with Crippen molar-refractivity contribution in [2.24, 2.45) is 0 Å². The van der Waals surface area contributed by atoms with Crippen molar-refractivity contribution < 1.29 is 4.74 Å². The first-order valence-electron chi connectivity index (χ1n) is 5.88. The van der Waals surface area contributed by atoms with Gasteiger partial charge in [-0.3, -0.25) is 4.68 Å². The van der Waals surface area contributed by atoms with Crippen LogP contribution in [0.2, 0.25) is 5.02 Å². The standard InChI is InChI=1S/C12H22ClN3O/c1-12(2,5-6-14-3)11-10(13)9-15-16(11)7-8-17-4/h9,14H,5-8H2,1-4H3. The van der Waals surface area contributed by atoms with Crippen LogP contribution in [0.1, 0.15) is 26.0 Å². The zero-order valence-corrected chi connectivity index (χ0v) is 11.8. The average Bonchev–Trinajstić information content (AvgIpc) is 2.66. The molecule has 1 N–H and O–H groups in total. The zero-order chi connectivity index (χ0) is 12.9. The highest BCUT2D eigenvalue weighted by atomic mass is 35.5. The van der Waals surface area contributed by atoms with Crippen LogP contribution in [0.25, 0.3) is 0 Å². The number of ether oxygens (including phenoxy) is 1. The fraction of sp³-hybridized carbons (Fsp3) is 0.750. The number of hydrogen-bond donors (Lipinski definition) is 1. The molecule has 0 spiro atoms. The molecule has 4 nitrogen and oxygen atoms in total. The predicted octanol–water partition coefficient (Wildman–Crippen LogP) is 2.07. The molecule has 5 heteroatoms. The molecule has 0 saturated carbocycles. The van der Waals surface area contributed by atoms with E-state index >= 15 is 0 Å². The van der Waals surface area contributed by atoms with Gasteiger partial charge in [-0.2, -0.15) is 5.10 Å². The quantitative estimate of drug-likeness (QED) is 0.815. The Balaban J connectivity index is 2.89. The molecule has 0 aliphatic carbocycles. The first-order chi connectivity index (χ1) is 8.03. The van der Waals surface area contributed by atoms with Crippen LogP contribution in [0, 0.1) is 0 Å². The number of hydrogen-bond acceptors (Lipinski definition) is 3. The van der Waals surface area contributed by atoms with Crippen molar-refractivity contribution in [3.63, 3.8) is 0 Å². The maximum atomic E-state index is 6.24. The molecule has 1 heterocycles. The summed E-state index contributed by atoms with van der Waals surface area (Å²) >= 11 is 6.24. The third-order valence-electron chi connectivity index (χ3n) is 2.94. The van der Waals surface area contributed by atoms with Crippen LogP contribution in [0.3, 0.4) is 0 Å². The SMILES string of the molecule is CNCCC(C)(C)c1c(Cl)cnn1CCOC. The fourth-order valence-electron chi connectivity index (χ4n) is 1.94. The van der Waals surface area contributed by atoms with Gasteiger partial charge in [0.1, 0.15) is 0 Å². The highest BCUT2D eigenvalue weighted by Crippen LogP contribution is 2.32. The third-order valence-corrected chi connectivity index (χ3v) is 3.22. The van der Waals surface area contributed by atoms with Gasteiger partial charge in [0.05, 0.1) is 30.1 Å². The normalized spacial score (nSPS) is 12.1. The average molecular weight is 260 g/mol. The molecule has 98 valence electrons. The summed E-state index contributed by atoms with van der Waals surface area (Å²) in [5.41, 5.74) is 1.09. The highest BCUT2D eigenvalue weighted by molar-refractivity contribution is 6.31. The van der Waals surface area contributed by atoms with Crippen molar-refractivity contribution in [3.8, 4) is 0 Å². The van der Waals surface area contributed by atoms with E-state index < -0.39 is 0 Å². The molecular formula is C12H22ClN3O. The Morgan fingerprint density at radius 1 is 1.53 bits per heavy atom. The summed E-state index contributed by atoms with van der Waals surface area (Å²) in [5.74, 6) is 0. The first kappa shape index (κ1) is 14.5. The lowest BCUT2D eigenvalue weighted by Gasteiger charge is -2.26. The molecule has 17 heavy (non-hydrogen) atoms. The Hall–Kier alpha value is -0.580. The van der Waals surface area contributed by atoms with Crippen LogP contribution >= 0.6 is 11.6 Å². The summed E-state index contributed by atoms with van der Waals surface area (Å²) in [5, 5.41) is 8.22. The zero-order valence-electron chi connectivity index (χ0n) is 11.1. The maximum absolute atomic E-state index is 6.24. The predicted molar refractivity (Wildman–Crippen MR) is 70.7 cm³/mol. The van der Waals surface area contributed by atoms with Gasteiger partial charge in [0.2, 0.25) is 0 Å². The van der Waals surface area contributed by atoms with Crippen molar-refractivity contribution in [2.45, 2.75) is 32.2 Å². The molecule has 0 fully saturated rings. The Morgan fingerprint density at radius 2 is 2.24 bits per heavy atom. The third kappa shape index (κ3) is 3.69. The number of rotatable bonds is 7. The number of nitrogens with one attached hydrogen (secondary N) is 1. The van der Waals surface area contributed by atoms with Gasteiger partial charge in [0, 0.05) is 12.5 Å². The molecule has 0 radical (unpaired) electrons. The van der Waals surface area contributed by atoms with Crippen LogP contribution in [-0.2, 0) is 16.7 Å². The van der Waals surface area contributed by atoms with E-state index in [9.17, 15) is 0 Å². The van der Waals surface area contributed by atoms with Gasteiger partial charge in [-0.1, -0.05) is 25.4 Å². The van der Waals surface area contributed by atoms with E-state index in [1.165, 1.54) is 0 Å². The van der Waals surface area contributed by atoms with Gasteiger partial charge in [-0.05, 0) is 20.0 Å². The van der Waals surface area contributed by atoms with Crippen LogP contribution in [-0.4, -0.2) is 37.1 Å². The minimum Gasteiger partial charge on any atom is -0.383 e. The highest BCUT2D eigenvalue weighted by Gasteiger charge is 2.27.